The number of hydrogen-bond donors (Lipinski definition) is 1. The molecule has 0 saturated carbocycles. The van der Waals surface area contributed by atoms with E-state index in [9.17, 15) is 14.3 Å². The molecule has 0 spiro atoms. The number of benzene rings is 1. The van der Waals surface area contributed by atoms with E-state index >= 15 is 0 Å². The first-order valence-electron chi connectivity index (χ1n) is 5.63. The second kappa shape index (κ2) is 6.47. The first-order chi connectivity index (χ1) is 8.56. The number of esters is 1. The van der Waals surface area contributed by atoms with Crippen LogP contribution in [0.2, 0.25) is 0 Å². The van der Waals surface area contributed by atoms with Gasteiger partial charge in [-0.1, -0.05) is 30.3 Å². The number of aliphatic hydroxyl groups is 1. The summed E-state index contributed by atoms with van der Waals surface area (Å²) in [5, 5.41) is 10.3. The van der Waals surface area contributed by atoms with Crippen molar-refractivity contribution < 1.29 is 23.8 Å². The Kier molecular flexibility index (Phi) is 5.25. The standard InChI is InChI=1S/C13H17FO4/c1-3-18-12(15)11(14)13(16,9-17-2)10-7-5-4-6-8-10/h4-8,11,16H,3,9H2,1-2H3. The molecule has 0 amide bonds. The Morgan fingerprint density at radius 3 is 2.56 bits per heavy atom. The van der Waals surface area contributed by atoms with Gasteiger partial charge in [0.2, 0.25) is 6.17 Å². The summed E-state index contributed by atoms with van der Waals surface area (Å²) in [6, 6.07) is 8.09. The Bertz CT molecular complexity index is 382. The fourth-order valence-corrected chi connectivity index (χ4v) is 1.66. The van der Waals surface area contributed by atoms with Gasteiger partial charge in [0.1, 0.15) is 0 Å². The molecule has 0 saturated heterocycles. The van der Waals surface area contributed by atoms with E-state index in [-0.39, 0.29) is 18.8 Å². The number of hydrogen-bond acceptors (Lipinski definition) is 4. The molecule has 5 heteroatoms. The van der Waals surface area contributed by atoms with Crippen LogP contribution in [-0.4, -0.2) is 37.6 Å². The van der Waals surface area contributed by atoms with Crippen molar-refractivity contribution in [1.82, 2.24) is 0 Å². The quantitative estimate of drug-likeness (QED) is 0.782. The number of alkyl halides is 1. The Balaban J connectivity index is 3.03. The third kappa shape index (κ3) is 3.05. The maximum atomic E-state index is 14.1. The van der Waals surface area contributed by atoms with Crippen LogP contribution in [0.4, 0.5) is 4.39 Å². The van der Waals surface area contributed by atoms with Crippen molar-refractivity contribution in [1.29, 1.82) is 0 Å². The normalized spacial score (nSPS) is 15.8. The maximum absolute atomic E-state index is 14.1. The van der Waals surface area contributed by atoms with Crippen LogP contribution < -0.4 is 0 Å². The number of ether oxygens (including phenoxy) is 2. The first kappa shape index (κ1) is 14.6. The SMILES string of the molecule is CCOC(=O)C(F)C(O)(COC)c1ccccc1. The molecule has 0 radical (unpaired) electrons. The summed E-state index contributed by atoms with van der Waals surface area (Å²) in [4.78, 5) is 11.4. The zero-order chi connectivity index (χ0) is 13.6. The molecular weight excluding hydrogens is 239 g/mol. The van der Waals surface area contributed by atoms with Crippen LogP contribution >= 0.6 is 0 Å². The van der Waals surface area contributed by atoms with Crippen molar-refractivity contribution in [3.63, 3.8) is 0 Å². The van der Waals surface area contributed by atoms with Gasteiger partial charge in [0.15, 0.2) is 5.60 Å². The van der Waals surface area contributed by atoms with Crippen molar-refractivity contribution >= 4 is 5.97 Å². The molecule has 1 rings (SSSR count). The highest BCUT2D eigenvalue weighted by atomic mass is 19.1. The molecule has 1 N–H and O–H groups in total. The van der Waals surface area contributed by atoms with E-state index in [2.05, 4.69) is 4.74 Å². The second-order valence-corrected chi connectivity index (χ2v) is 3.84. The number of halogens is 1. The fraction of sp³-hybridized carbons (Fsp3) is 0.462. The second-order valence-electron chi connectivity index (χ2n) is 3.84. The minimum Gasteiger partial charge on any atom is -0.464 e. The van der Waals surface area contributed by atoms with Crippen LogP contribution in [0.3, 0.4) is 0 Å². The molecule has 0 aliphatic rings. The maximum Gasteiger partial charge on any atom is 0.344 e. The topological polar surface area (TPSA) is 55.8 Å². The monoisotopic (exact) mass is 256 g/mol. The average molecular weight is 256 g/mol. The highest BCUT2D eigenvalue weighted by Crippen LogP contribution is 2.28. The predicted molar refractivity (Wildman–Crippen MR) is 63.7 cm³/mol. The van der Waals surface area contributed by atoms with E-state index in [0.29, 0.717) is 0 Å². The van der Waals surface area contributed by atoms with E-state index in [1.54, 1.807) is 25.1 Å². The van der Waals surface area contributed by atoms with Crippen LogP contribution in [0.15, 0.2) is 30.3 Å². The van der Waals surface area contributed by atoms with E-state index in [1.807, 2.05) is 0 Å². The van der Waals surface area contributed by atoms with Gasteiger partial charge in [-0.2, -0.15) is 0 Å². The van der Waals surface area contributed by atoms with Crippen molar-refractivity contribution in [2.45, 2.75) is 18.7 Å². The van der Waals surface area contributed by atoms with E-state index in [0.717, 1.165) is 0 Å². The highest BCUT2D eigenvalue weighted by molar-refractivity contribution is 5.76. The van der Waals surface area contributed by atoms with E-state index in [1.165, 1.54) is 19.2 Å². The van der Waals surface area contributed by atoms with Gasteiger partial charge in [-0.3, -0.25) is 0 Å². The molecule has 100 valence electrons. The molecule has 2 atom stereocenters. The molecule has 0 aliphatic heterocycles. The van der Waals surface area contributed by atoms with Gasteiger partial charge in [0.05, 0.1) is 13.2 Å². The molecule has 1 aromatic rings. The Morgan fingerprint density at radius 1 is 1.44 bits per heavy atom. The molecular formula is C13H17FO4. The van der Waals surface area contributed by atoms with Gasteiger partial charge >= 0.3 is 5.97 Å². The lowest BCUT2D eigenvalue weighted by molar-refractivity contribution is -0.167. The molecule has 1 aromatic carbocycles. The minimum atomic E-state index is -2.19. The lowest BCUT2D eigenvalue weighted by Gasteiger charge is -2.29. The third-order valence-electron chi connectivity index (χ3n) is 2.55. The summed E-state index contributed by atoms with van der Waals surface area (Å²) in [5.41, 5.74) is -1.77. The van der Waals surface area contributed by atoms with E-state index < -0.39 is 17.7 Å². The number of rotatable bonds is 6. The van der Waals surface area contributed by atoms with Gasteiger partial charge in [-0.05, 0) is 12.5 Å². The summed E-state index contributed by atoms with van der Waals surface area (Å²) in [7, 11) is 1.33. The fourth-order valence-electron chi connectivity index (χ4n) is 1.66. The van der Waals surface area contributed by atoms with Gasteiger partial charge in [0.25, 0.3) is 0 Å². The minimum absolute atomic E-state index is 0.0527. The van der Waals surface area contributed by atoms with Gasteiger partial charge < -0.3 is 14.6 Å². The van der Waals surface area contributed by atoms with E-state index in [4.69, 9.17) is 4.74 Å². The number of methoxy groups -OCH3 is 1. The van der Waals surface area contributed by atoms with Crippen LogP contribution in [0, 0.1) is 0 Å². The molecule has 0 fully saturated rings. The lowest BCUT2D eigenvalue weighted by atomic mass is 9.89. The zero-order valence-electron chi connectivity index (χ0n) is 10.4. The molecule has 0 aromatic heterocycles. The largest absolute Gasteiger partial charge is 0.464 e. The van der Waals surface area contributed by atoms with Crippen LogP contribution in [0.25, 0.3) is 0 Å². The van der Waals surface area contributed by atoms with Crippen LogP contribution in [0.5, 0.6) is 0 Å². The zero-order valence-corrected chi connectivity index (χ0v) is 10.4. The van der Waals surface area contributed by atoms with Gasteiger partial charge in [0, 0.05) is 7.11 Å². The Hall–Kier alpha value is -1.46. The number of carbonyl (C=O) groups is 1. The third-order valence-corrected chi connectivity index (χ3v) is 2.55. The molecule has 0 heterocycles. The number of carbonyl (C=O) groups excluding carboxylic acids is 1. The predicted octanol–water partition coefficient (Wildman–Crippen LogP) is 1.42. The summed E-state index contributed by atoms with van der Waals surface area (Å²) >= 11 is 0. The lowest BCUT2D eigenvalue weighted by Crippen LogP contribution is -2.46. The summed E-state index contributed by atoms with van der Waals surface area (Å²) in [6.07, 6.45) is -2.19. The van der Waals surface area contributed by atoms with Crippen LogP contribution in [-0.2, 0) is 19.9 Å². The average Bonchev–Trinajstić information content (AvgIpc) is 2.39. The van der Waals surface area contributed by atoms with Gasteiger partial charge in [-0.15, -0.1) is 0 Å². The van der Waals surface area contributed by atoms with Crippen molar-refractivity contribution in [3.8, 4) is 0 Å². The van der Waals surface area contributed by atoms with Crippen LogP contribution in [0.1, 0.15) is 12.5 Å². The first-order valence-corrected chi connectivity index (χ1v) is 5.63. The Labute approximate surface area is 105 Å². The molecule has 18 heavy (non-hydrogen) atoms. The summed E-state index contributed by atoms with van der Waals surface area (Å²) in [6.45, 7) is 1.29. The molecule has 0 aliphatic carbocycles. The van der Waals surface area contributed by atoms with Crippen molar-refractivity contribution in [2.24, 2.45) is 0 Å². The Morgan fingerprint density at radius 2 is 2.06 bits per heavy atom. The highest BCUT2D eigenvalue weighted by Gasteiger charge is 2.44. The molecule has 2 unspecified atom stereocenters. The smallest absolute Gasteiger partial charge is 0.344 e. The summed E-state index contributed by atoms with van der Waals surface area (Å²) < 4.78 is 23.5. The molecule has 0 bridgehead atoms. The van der Waals surface area contributed by atoms with Gasteiger partial charge in [-0.25, -0.2) is 9.18 Å². The molecule has 4 nitrogen and oxygen atoms in total. The van der Waals surface area contributed by atoms with Crippen molar-refractivity contribution in [3.05, 3.63) is 35.9 Å². The van der Waals surface area contributed by atoms with Crippen molar-refractivity contribution in [2.75, 3.05) is 20.3 Å². The summed E-state index contributed by atoms with van der Waals surface area (Å²) in [5.74, 6) is -1.10.